The average molecular weight is 380 g/mol. The number of nitrogens with one attached hydrogen (secondary N) is 1. The summed E-state index contributed by atoms with van der Waals surface area (Å²) in [5.41, 5.74) is -1.32. The summed E-state index contributed by atoms with van der Waals surface area (Å²) in [6, 6.07) is 0. The van der Waals surface area contributed by atoms with E-state index in [0.29, 0.717) is 18.6 Å². The molecule has 0 amide bonds. The SMILES string of the molecule is Cc1cn([C@@H]2O[C@@]3(CC(C)(C)C)CCOC2[C@H]3OC(C)(C)C)c(=O)[nH]c1=O. The number of aromatic nitrogens is 2. The van der Waals surface area contributed by atoms with Crippen LogP contribution in [-0.2, 0) is 14.2 Å². The van der Waals surface area contributed by atoms with E-state index in [1.807, 2.05) is 20.8 Å². The first-order valence-corrected chi connectivity index (χ1v) is 9.61. The fourth-order valence-electron chi connectivity index (χ4n) is 4.24. The molecule has 7 heteroatoms. The van der Waals surface area contributed by atoms with Crippen molar-refractivity contribution < 1.29 is 14.2 Å². The third-order valence-electron chi connectivity index (χ3n) is 5.02. The number of nitrogens with zero attached hydrogens (tertiary/aromatic N) is 1. The molecule has 2 fully saturated rings. The van der Waals surface area contributed by atoms with E-state index >= 15 is 0 Å². The van der Waals surface area contributed by atoms with Crippen molar-refractivity contribution in [1.82, 2.24) is 9.55 Å². The van der Waals surface area contributed by atoms with Crippen LogP contribution in [0.1, 0.15) is 66.2 Å². The van der Waals surface area contributed by atoms with Gasteiger partial charge in [-0.3, -0.25) is 14.3 Å². The number of rotatable bonds is 3. The van der Waals surface area contributed by atoms with Gasteiger partial charge < -0.3 is 14.2 Å². The van der Waals surface area contributed by atoms with Gasteiger partial charge in [0, 0.05) is 18.2 Å². The third-order valence-corrected chi connectivity index (χ3v) is 5.02. The van der Waals surface area contributed by atoms with E-state index in [1.165, 1.54) is 4.57 Å². The minimum atomic E-state index is -0.634. The molecule has 1 aromatic heterocycles. The highest BCUT2D eigenvalue weighted by atomic mass is 16.6. The lowest BCUT2D eigenvalue weighted by molar-refractivity contribution is -0.195. The lowest BCUT2D eigenvalue weighted by Gasteiger charge is -2.44. The van der Waals surface area contributed by atoms with Crippen molar-refractivity contribution in [2.75, 3.05) is 6.61 Å². The van der Waals surface area contributed by atoms with E-state index in [2.05, 4.69) is 25.8 Å². The van der Waals surface area contributed by atoms with Gasteiger partial charge in [0.25, 0.3) is 5.56 Å². The van der Waals surface area contributed by atoms with Crippen molar-refractivity contribution in [1.29, 1.82) is 0 Å². The van der Waals surface area contributed by atoms with E-state index in [-0.39, 0.29) is 22.7 Å². The Hall–Kier alpha value is -1.44. The monoisotopic (exact) mass is 380 g/mol. The van der Waals surface area contributed by atoms with Gasteiger partial charge in [-0.15, -0.1) is 0 Å². The Bertz CT molecular complexity index is 813. The van der Waals surface area contributed by atoms with Crippen molar-refractivity contribution in [3.63, 3.8) is 0 Å². The topological polar surface area (TPSA) is 82.6 Å². The van der Waals surface area contributed by atoms with Gasteiger partial charge in [0.1, 0.15) is 17.8 Å². The summed E-state index contributed by atoms with van der Waals surface area (Å²) in [5, 5.41) is 0. The Morgan fingerprint density at radius 3 is 2.52 bits per heavy atom. The van der Waals surface area contributed by atoms with Gasteiger partial charge in [0.2, 0.25) is 0 Å². The van der Waals surface area contributed by atoms with E-state index in [4.69, 9.17) is 14.2 Å². The molecule has 1 aromatic rings. The Labute approximate surface area is 160 Å². The number of ether oxygens (including phenoxy) is 3. The number of fused-ring (bicyclic) bond motifs is 2. The second-order valence-electron chi connectivity index (χ2n) is 10.0. The van der Waals surface area contributed by atoms with Gasteiger partial charge in [-0.1, -0.05) is 20.8 Å². The van der Waals surface area contributed by atoms with Crippen molar-refractivity contribution in [2.24, 2.45) is 5.41 Å². The average Bonchev–Trinajstić information content (AvgIpc) is 2.64. The predicted molar refractivity (Wildman–Crippen MR) is 102 cm³/mol. The zero-order valence-corrected chi connectivity index (χ0v) is 17.4. The Morgan fingerprint density at radius 2 is 1.93 bits per heavy atom. The van der Waals surface area contributed by atoms with Crippen LogP contribution in [0, 0.1) is 12.3 Å². The molecule has 0 aliphatic carbocycles. The molecule has 2 bridgehead atoms. The molecule has 7 nitrogen and oxygen atoms in total. The van der Waals surface area contributed by atoms with Crippen LogP contribution in [0.3, 0.4) is 0 Å². The summed E-state index contributed by atoms with van der Waals surface area (Å²) in [6.45, 7) is 14.8. The Kier molecular flexibility index (Phi) is 4.94. The predicted octanol–water partition coefficient (Wildman–Crippen LogP) is 2.52. The zero-order valence-electron chi connectivity index (χ0n) is 17.4. The van der Waals surface area contributed by atoms with Gasteiger partial charge in [0.05, 0.1) is 12.2 Å². The maximum absolute atomic E-state index is 12.5. The van der Waals surface area contributed by atoms with Gasteiger partial charge in [0.15, 0.2) is 6.23 Å². The summed E-state index contributed by atoms with van der Waals surface area (Å²) < 4.78 is 20.5. The Balaban J connectivity index is 2.07. The quantitative estimate of drug-likeness (QED) is 0.871. The zero-order chi connectivity index (χ0) is 20.2. The summed E-state index contributed by atoms with van der Waals surface area (Å²) in [4.78, 5) is 26.6. The van der Waals surface area contributed by atoms with E-state index in [0.717, 1.165) is 6.42 Å². The highest BCUT2D eigenvalue weighted by Crippen LogP contribution is 2.51. The molecule has 2 saturated heterocycles. The van der Waals surface area contributed by atoms with Gasteiger partial charge in [-0.2, -0.15) is 0 Å². The molecule has 2 aliphatic rings. The molecule has 0 aromatic carbocycles. The molecule has 2 aliphatic heterocycles. The van der Waals surface area contributed by atoms with E-state index in [9.17, 15) is 9.59 Å². The lowest BCUT2D eigenvalue weighted by Crippen LogP contribution is -2.54. The lowest BCUT2D eigenvalue weighted by atomic mass is 9.76. The molecule has 0 saturated carbocycles. The minimum Gasteiger partial charge on any atom is -0.371 e. The molecule has 0 spiro atoms. The van der Waals surface area contributed by atoms with Gasteiger partial charge in [-0.25, -0.2) is 4.79 Å². The summed E-state index contributed by atoms with van der Waals surface area (Å²) >= 11 is 0. The molecular weight excluding hydrogens is 348 g/mol. The second-order valence-corrected chi connectivity index (χ2v) is 10.0. The largest absolute Gasteiger partial charge is 0.371 e. The molecular formula is C20H32N2O5. The molecule has 1 N–H and O–H groups in total. The maximum atomic E-state index is 12.5. The first-order valence-electron chi connectivity index (χ1n) is 9.61. The summed E-state index contributed by atoms with van der Waals surface area (Å²) in [7, 11) is 0. The molecule has 152 valence electrons. The van der Waals surface area contributed by atoms with Gasteiger partial charge >= 0.3 is 5.69 Å². The van der Waals surface area contributed by atoms with Crippen LogP contribution in [0.25, 0.3) is 0 Å². The van der Waals surface area contributed by atoms with Crippen LogP contribution in [-0.4, -0.2) is 39.6 Å². The number of aromatic amines is 1. The summed E-state index contributed by atoms with van der Waals surface area (Å²) in [6.07, 6.45) is 1.70. The number of aryl methyl sites for hydroxylation is 1. The fraction of sp³-hybridized carbons (Fsp3) is 0.800. The smallest absolute Gasteiger partial charge is 0.330 e. The minimum absolute atomic E-state index is 0.0160. The van der Waals surface area contributed by atoms with E-state index < -0.39 is 23.6 Å². The molecule has 0 radical (unpaired) electrons. The number of hydrogen-bond donors (Lipinski definition) is 1. The van der Waals surface area contributed by atoms with Crippen molar-refractivity contribution in [2.45, 2.75) is 90.9 Å². The molecule has 3 heterocycles. The molecule has 1 unspecified atom stereocenters. The fourth-order valence-corrected chi connectivity index (χ4v) is 4.24. The van der Waals surface area contributed by atoms with Crippen LogP contribution in [0.5, 0.6) is 0 Å². The highest BCUT2D eigenvalue weighted by molar-refractivity contribution is 5.09. The Morgan fingerprint density at radius 1 is 1.26 bits per heavy atom. The van der Waals surface area contributed by atoms with Crippen LogP contribution in [0.2, 0.25) is 0 Å². The molecule has 27 heavy (non-hydrogen) atoms. The maximum Gasteiger partial charge on any atom is 0.330 e. The third kappa shape index (κ3) is 4.05. The van der Waals surface area contributed by atoms with Crippen LogP contribution < -0.4 is 11.2 Å². The van der Waals surface area contributed by atoms with Gasteiger partial charge in [-0.05, 0) is 39.5 Å². The van der Waals surface area contributed by atoms with Crippen LogP contribution >= 0.6 is 0 Å². The van der Waals surface area contributed by atoms with Crippen molar-refractivity contribution >= 4 is 0 Å². The summed E-state index contributed by atoms with van der Waals surface area (Å²) in [5.74, 6) is 0. The number of hydrogen-bond acceptors (Lipinski definition) is 5. The van der Waals surface area contributed by atoms with Crippen LogP contribution in [0.15, 0.2) is 15.8 Å². The molecule has 3 rings (SSSR count). The first kappa shape index (κ1) is 20.3. The molecule has 4 atom stereocenters. The standard InChI is InChI=1S/C20H32N2O5/c1-12-10-22(17(24)21-15(12)23)16-13-14(26-19(5,6)7)20(27-16,8-9-25-13)11-18(2,3)4/h10,13-14,16H,8-9,11H2,1-7H3,(H,21,23,24)/t13?,14-,16-,20-/m1/s1. The van der Waals surface area contributed by atoms with Crippen LogP contribution in [0.4, 0.5) is 0 Å². The van der Waals surface area contributed by atoms with E-state index in [1.54, 1.807) is 13.1 Å². The number of H-pyrrole nitrogens is 1. The highest BCUT2D eigenvalue weighted by Gasteiger charge is 2.61. The normalized spacial score (nSPS) is 31.3. The van der Waals surface area contributed by atoms with Crippen molar-refractivity contribution in [3.05, 3.63) is 32.6 Å². The van der Waals surface area contributed by atoms with Crippen molar-refractivity contribution in [3.8, 4) is 0 Å². The second kappa shape index (κ2) is 6.57. The first-order chi connectivity index (χ1) is 12.3.